The molecular weight excluding hydrogens is 374 g/mol. The van der Waals surface area contributed by atoms with Crippen LogP contribution in [0, 0.1) is 0 Å². The van der Waals surface area contributed by atoms with Gasteiger partial charge in [-0.15, -0.1) is 12.4 Å². The van der Waals surface area contributed by atoms with E-state index in [1.54, 1.807) is 18.2 Å². The van der Waals surface area contributed by atoms with Crippen LogP contribution in [0.1, 0.15) is 33.6 Å². The molecule has 6 nitrogen and oxygen atoms in total. The van der Waals surface area contributed by atoms with E-state index < -0.39 is 0 Å². The minimum Gasteiger partial charge on any atom is -0.355 e. The van der Waals surface area contributed by atoms with Crippen molar-refractivity contribution < 1.29 is 14.4 Å². The van der Waals surface area contributed by atoms with Crippen molar-refractivity contribution in [3.8, 4) is 0 Å². The number of fused-ring (bicyclic) bond motifs is 1. The molecule has 120 valence electrons. The molecule has 1 aromatic rings. The van der Waals surface area contributed by atoms with Gasteiger partial charge in [-0.25, -0.2) is 0 Å². The van der Waals surface area contributed by atoms with E-state index in [-0.39, 0.29) is 43.1 Å². The van der Waals surface area contributed by atoms with E-state index >= 15 is 0 Å². The largest absolute Gasteiger partial charge is 0.355 e. The van der Waals surface area contributed by atoms with Crippen LogP contribution in [0.5, 0.6) is 0 Å². The maximum atomic E-state index is 12.2. The fourth-order valence-electron chi connectivity index (χ4n) is 2.16. The van der Waals surface area contributed by atoms with Crippen LogP contribution in [0.3, 0.4) is 0 Å². The van der Waals surface area contributed by atoms with Gasteiger partial charge in [-0.1, -0.05) is 15.9 Å². The zero-order valence-corrected chi connectivity index (χ0v) is 14.2. The number of imide groups is 1. The monoisotopic (exact) mass is 389 g/mol. The van der Waals surface area contributed by atoms with Crippen molar-refractivity contribution in [3.05, 3.63) is 33.8 Å². The van der Waals surface area contributed by atoms with Gasteiger partial charge in [0.2, 0.25) is 5.91 Å². The van der Waals surface area contributed by atoms with Gasteiger partial charge in [-0.3, -0.25) is 19.3 Å². The summed E-state index contributed by atoms with van der Waals surface area (Å²) in [5.74, 6) is -0.733. The van der Waals surface area contributed by atoms with E-state index in [0.717, 1.165) is 4.47 Å². The molecule has 0 aromatic heterocycles. The number of amides is 3. The van der Waals surface area contributed by atoms with Crippen LogP contribution < -0.4 is 11.1 Å². The van der Waals surface area contributed by atoms with Crippen LogP contribution >= 0.6 is 28.3 Å². The van der Waals surface area contributed by atoms with Crippen LogP contribution in [-0.2, 0) is 4.79 Å². The highest BCUT2D eigenvalue weighted by Gasteiger charge is 2.35. The van der Waals surface area contributed by atoms with E-state index in [1.807, 2.05) is 0 Å². The van der Waals surface area contributed by atoms with Crippen molar-refractivity contribution in [2.75, 3.05) is 19.6 Å². The maximum absolute atomic E-state index is 12.2. The average molecular weight is 391 g/mol. The molecule has 1 aliphatic rings. The highest BCUT2D eigenvalue weighted by molar-refractivity contribution is 9.10. The number of halogens is 2. The summed E-state index contributed by atoms with van der Waals surface area (Å²) in [6, 6.07) is 5.00. The van der Waals surface area contributed by atoms with Gasteiger partial charge in [0.1, 0.15) is 0 Å². The third-order valence-electron chi connectivity index (χ3n) is 3.18. The maximum Gasteiger partial charge on any atom is 0.261 e. The molecule has 1 heterocycles. The smallest absolute Gasteiger partial charge is 0.261 e. The molecule has 0 atom stereocenters. The molecule has 3 N–H and O–H groups in total. The number of carbonyl (C=O) groups excluding carboxylic acids is 3. The number of carbonyl (C=O) groups is 3. The second-order valence-corrected chi connectivity index (χ2v) is 5.61. The molecule has 22 heavy (non-hydrogen) atoms. The molecule has 2 rings (SSSR count). The fourth-order valence-corrected chi connectivity index (χ4v) is 2.52. The number of rotatable bonds is 6. The highest BCUT2D eigenvalue weighted by Crippen LogP contribution is 2.26. The summed E-state index contributed by atoms with van der Waals surface area (Å²) in [5.41, 5.74) is 6.10. The van der Waals surface area contributed by atoms with Gasteiger partial charge in [-0.05, 0) is 24.6 Å². The topological polar surface area (TPSA) is 92.5 Å². The first-order valence-corrected chi connectivity index (χ1v) is 7.46. The van der Waals surface area contributed by atoms with Crippen molar-refractivity contribution in [3.63, 3.8) is 0 Å². The van der Waals surface area contributed by atoms with E-state index in [1.165, 1.54) is 4.90 Å². The Morgan fingerprint density at radius 2 is 1.91 bits per heavy atom. The Kier molecular flexibility index (Phi) is 6.99. The predicted octanol–water partition coefficient (Wildman–Crippen LogP) is 1.32. The molecule has 0 bridgehead atoms. The van der Waals surface area contributed by atoms with Crippen molar-refractivity contribution in [1.82, 2.24) is 10.2 Å². The summed E-state index contributed by atoms with van der Waals surface area (Å²) in [7, 11) is 0. The Morgan fingerprint density at radius 1 is 1.23 bits per heavy atom. The predicted molar refractivity (Wildman–Crippen MR) is 88.1 cm³/mol. The lowest BCUT2D eigenvalue weighted by atomic mass is 10.1. The SMILES string of the molecule is Cl.NCCNC(=O)CCCN1C(=O)c2ccc(Br)cc2C1=O. The number of benzene rings is 1. The second kappa shape index (κ2) is 8.26. The van der Waals surface area contributed by atoms with Gasteiger partial charge < -0.3 is 11.1 Å². The summed E-state index contributed by atoms with van der Waals surface area (Å²) in [6.45, 7) is 1.05. The number of nitrogens with one attached hydrogen (secondary N) is 1. The number of nitrogens with zero attached hydrogens (tertiary/aromatic N) is 1. The standard InChI is InChI=1S/C14H16BrN3O3.ClH/c15-9-3-4-10-11(8-9)14(21)18(13(10)20)7-1-2-12(19)17-6-5-16;/h3-4,8H,1-2,5-7,16H2,(H,17,19);1H. The third kappa shape index (κ3) is 4.06. The third-order valence-corrected chi connectivity index (χ3v) is 3.68. The van der Waals surface area contributed by atoms with Crippen molar-refractivity contribution >= 4 is 46.1 Å². The average Bonchev–Trinajstić information content (AvgIpc) is 2.69. The Bertz CT molecular complexity index is 595. The van der Waals surface area contributed by atoms with Crippen LogP contribution in [0.4, 0.5) is 0 Å². The molecule has 1 aromatic carbocycles. The fraction of sp³-hybridized carbons (Fsp3) is 0.357. The first-order valence-electron chi connectivity index (χ1n) is 6.67. The van der Waals surface area contributed by atoms with Crippen LogP contribution in [0.2, 0.25) is 0 Å². The summed E-state index contributed by atoms with van der Waals surface area (Å²) < 4.78 is 0.755. The Balaban J connectivity index is 0.00000242. The van der Waals surface area contributed by atoms with Gasteiger partial charge in [0, 0.05) is 30.5 Å². The molecule has 0 unspecified atom stereocenters. The first kappa shape index (κ1) is 18.6. The number of nitrogens with two attached hydrogens (primary N) is 1. The van der Waals surface area contributed by atoms with Gasteiger partial charge in [0.05, 0.1) is 11.1 Å². The quantitative estimate of drug-likeness (QED) is 0.717. The van der Waals surface area contributed by atoms with Crippen molar-refractivity contribution in [1.29, 1.82) is 0 Å². The lowest BCUT2D eigenvalue weighted by Gasteiger charge is -2.13. The lowest BCUT2D eigenvalue weighted by Crippen LogP contribution is -2.33. The molecule has 0 fully saturated rings. The highest BCUT2D eigenvalue weighted by atomic mass is 79.9. The van der Waals surface area contributed by atoms with E-state index in [0.29, 0.717) is 30.6 Å². The summed E-state index contributed by atoms with van der Waals surface area (Å²) in [6.07, 6.45) is 0.695. The minimum atomic E-state index is -0.307. The molecule has 0 spiro atoms. The molecule has 0 saturated heterocycles. The van der Waals surface area contributed by atoms with Gasteiger partial charge >= 0.3 is 0 Å². The second-order valence-electron chi connectivity index (χ2n) is 4.69. The summed E-state index contributed by atoms with van der Waals surface area (Å²) in [4.78, 5) is 36.9. The van der Waals surface area contributed by atoms with Crippen molar-refractivity contribution in [2.24, 2.45) is 5.73 Å². The number of hydrogen-bond donors (Lipinski definition) is 2. The zero-order chi connectivity index (χ0) is 15.4. The normalized spacial score (nSPS) is 12.9. The summed E-state index contributed by atoms with van der Waals surface area (Å²) >= 11 is 3.28. The van der Waals surface area contributed by atoms with Gasteiger partial charge in [0.25, 0.3) is 11.8 Å². The van der Waals surface area contributed by atoms with Gasteiger partial charge in [0.15, 0.2) is 0 Å². The Morgan fingerprint density at radius 3 is 2.59 bits per heavy atom. The van der Waals surface area contributed by atoms with Crippen LogP contribution in [0.25, 0.3) is 0 Å². The Hall–Kier alpha value is -1.44. The van der Waals surface area contributed by atoms with Crippen LogP contribution in [-0.4, -0.2) is 42.3 Å². The molecule has 1 aliphatic heterocycles. The molecule has 0 radical (unpaired) electrons. The number of hydrogen-bond acceptors (Lipinski definition) is 4. The molecule has 8 heteroatoms. The van der Waals surface area contributed by atoms with Crippen molar-refractivity contribution in [2.45, 2.75) is 12.8 Å². The summed E-state index contributed by atoms with van der Waals surface area (Å²) in [5, 5.41) is 2.65. The minimum absolute atomic E-state index is 0. The van der Waals surface area contributed by atoms with E-state index in [4.69, 9.17) is 5.73 Å². The van der Waals surface area contributed by atoms with Crippen LogP contribution in [0.15, 0.2) is 22.7 Å². The molecule has 3 amide bonds. The Labute approximate surface area is 142 Å². The molecular formula is C14H17BrClN3O3. The zero-order valence-electron chi connectivity index (χ0n) is 11.8. The van der Waals surface area contributed by atoms with E-state index in [9.17, 15) is 14.4 Å². The molecule has 0 saturated carbocycles. The molecule has 0 aliphatic carbocycles. The first-order chi connectivity index (χ1) is 10.0. The van der Waals surface area contributed by atoms with Gasteiger partial charge in [-0.2, -0.15) is 0 Å². The lowest BCUT2D eigenvalue weighted by molar-refractivity contribution is -0.121. The van der Waals surface area contributed by atoms with E-state index in [2.05, 4.69) is 21.2 Å².